The van der Waals surface area contributed by atoms with E-state index in [1.165, 1.54) is 6.07 Å². The van der Waals surface area contributed by atoms with Crippen LogP contribution in [0.5, 0.6) is 0 Å². The number of hydrogen-bond acceptors (Lipinski definition) is 4. The van der Waals surface area contributed by atoms with Gasteiger partial charge >= 0.3 is 0 Å². The second kappa shape index (κ2) is 7.25. The fraction of sp³-hybridized carbons (Fsp3) is 0.316. The number of hydrogen-bond donors (Lipinski definition) is 0. The lowest BCUT2D eigenvalue weighted by molar-refractivity contribution is 0.0628. The first-order chi connectivity index (χ1) is 13.0. The van der Waals surface area contributed by atoms with Gasteiger partial charge in [0.15, 0.2) is 5.65 Å². The van der Waals surface area contributed by atoms with Crippen LogP contribution in [0.2, 0.25) is 5.02 Å². The number of fused-ring (bicyclic) bond motifs is 1. The fourth-order valence-corrected chi connectivity index (χ4v) is 3.52. The summed E-state index contributed by atoms with van der Waals surface area (Å²) in [5, 5.41) is 4.64. The van der Waals surface area contributed by atoms with Gasteiger partial charge in [-0.3, -0.25) is 9.69 Å². The first-order valence-corrected chi connectivity index (χ1v) is 9.16. The van der Waals surface area contributed by atoms with Gasteiger partial charge in [-0.05, 0) is 25.1 Å². The van der Waals surface area contributed by atoms with E-state index in [0.29, 0.717) is 54.5 Å². The normalized spacial score (nSPS) is 15.4. The van der Waals surface area contributed by atoms with Gasteiger partial charge in [-0.15, -0.1) is 0 Å². The largest absolute Gasteiger partial charge is 0.336 e. The van der Waals surface area contributed by atoms with Gasteiger partial charge in [0.1, 0.15) is 11.4 Å². The van der Waals surface area contributed by atoms with E-state index in [1.54, 1.807) is 33.9 Å². The molecule has 0 bridgehead atoms. The predicted molar refractivity (Wildman–Crippen MR) is 100 cm³/mol. The minimum atomic E-state index is -0.297. The molecule has 0 N–H and O–H groups in total. The molecule has 2 aromatic heterocycles. The number of carbonyl (C=O) groups excluding carboxylic acids is 1. The van der Waals surface area contributed by atoms with Gasteiger partial charge in [-0.1, -0.05) is 17.7 Å². The Labute approximate surface area is 161 Å². The number of halogens is 2. The third-order valence-electron chi connectivity index (χ3n) is 4.84. The number of aromatic nitrogens is 3. The zero-order valence-electron chi connectivity index (χ0n) is 14.9. The quantitative estimate of drug-likeness (QED) is 0.693. The Morgan fingerprint density at radius 2 is 2.00 bits per heavy atom. The molecule has 4 rings (SSSR count). The van der Waals surface area contributed by atoms with Crippen LogP contribution in [-0.4, -0.2) is 56.5 Å². The molecule has 0 radical (unpaired) electrons. The molecule has 1 amide bonds. The molecule has 0 atom stereocenters. The molecule has 27 heavy (non-hydrogen) atoms. The second-order valence-corrected chi connectivity index (χ2v) is 7.07. The number of piperazine rings is 1. The number of benzene rings is 1. The van der Waals surface area contributed by atoms with Crippen molar-refractivity contribution in [1.29, 1.82) is 0 Å². The first-order valence-electron chi connectivity index (χ1n) is 8.78. The van der Waals surface area contributed by atoms with Crippen LogP contribution >= 0.6 is 11.6 Å². The Kier molecular flexibility index (Phi) is 4.80. The molecule has 3 aromatic rings. The highest BCUT2D eigenvalue weighted by Gasteiger charge is 2.25. The number of rotatable bonds is 3. The molecule has 1 fully saturated rings. The highest BCUT2D eigenvalue weighted by molar-refractivity contribution is 6.31. The summed E-state index contributed by atoms with van der Waals surface area (Å²) in [6.45, 7) is 4.76. The van der Waals surface area contributed by atoms with Crippen molar-refractivity contribution in [3.05, 3.63) is 64.3 Å². The molecule has 0 saturated carbocycles. The molecule has 1 aliphatic rings. The average molecular weight is 388 g/mol. The lowest BCUT2D eigenvalue weighted by Gasteiger charge is -2.34. The highest BCUT2D eigenvalue weighted by atomic mass is 35.5. The maximum Gasteiger partial charge on any atom is 0.259 e. The molecular weight excluding hydrogens is 369 g/mol. The Bertz CT molecular complexity index is 977. The highest BCUT2D eigenvalue weighted by Crippen LogP contribution is 2.22. The summed E-state index contributed by atoms with van der Waals surface area (Å²) in [7, 11) is 0. The van der Waals surface area contributed by atoms with Gasteiger partial charge < -0.3 is 4.90 Å². The Morgan fingerprint density at radius 3 is 2.74 bits per heavy atom. The van der Waals surface area contributed by atoms with Crippen LogP contribution in [0.4, 0.5) is 4.39 Å². The van der Waals surface area contributed by atoms with Crippen LogP contribution in [0.3, 0.4) is 0 Å². The van der Waals surface area contributed by atoms with Crippen LogP contribution < -0.4 is 0 Å². The van der Waals surface area contributed by atoms with Gasteiger partial charge in [0.05, 0.1) is 6.20 Å². The molecule has 1 saturated heterocycles. The van der Waals surface area contributed by atoms with Crippen molar-refractivity contribution in [2.45, 2.75) is 13.5 Å². The fourth-order valence-electron chi connectivity index (χ4n) is 3.30. The molecular formula is C19H19ClFN5O. The molecule has 1 aliphatic heterocycles. The van der Waals surface area contributed by atoms with Crippen molar-refractivity contribution >= 4 is 23.2 Å². The van der Waals surface area contributed by atoms with Gasteiger partial charge in [-0.25, -0.2) is 13.9 Å². The standard InChI is InChI=1S/C19H19ClFN5O/c1-13-5-6-26-18(23-13)14(11-22-26)19(27)25-9-7-24(8-10-25)12-15-16(20)3-2-4-17(15)21/h2-6,11H,7-10,12H2,1H3. The van der Waals surface area contributed by atoms with E-state index in [2.05, 4.69) is 15.0 Å². The summed E-state index contributed by atoms with van der Waals surface area (Å²) >= 11 is 6.12. The average Bonchev–Trinajstić information content (AvgIpc) is 3.08. The summed E-state index contributed by atoms with van der Waals surface area (Å²) in [4.78, 5) is 21.2. The van der Waals surface area contributed by atoms with Crippen LogP contribution in [0.1, 0.15) is 21.6 Å². The molecule has 6 nitrogen and oxygen atoms in total. The maximum atomic E-state index is 14.0. The van der Waals surface area contributed by atoms with E-state index >= 15 is 0 Å². The SMILES string of the molecule is Cc1ccn2ncc(C(=O)N3CCN(Cc4c(F)cccc4Cl)CC3)c2n1. The first kappa shape index (κ1) is 17.9. The van der Waals surface area contributed by atoms with Crippen LogP contribution in [0.25, 0.3) is 5.65 Å². The summed E-state index contributed by atoms with van der Waals surface area (Å²) in [6, 6.07) is 6.56. The second-order valence-electron chi connectivity index (χ2n) is 6.66. The minimum Gasteiger partial charge on any atom is -0.336 e. The van der Waals surface area contributed by atoms with Crippen molar-refractivity contribution in [3.8, 4) is 0 Å². The smallest absolute Gasteiger partial charge is 0.259 e. The van der Waals surface area contributed by atoms with E-state index in [-0.39, 0.29) is 11.7 Å². The van der Waals surface area contributed by atoms with Gasteiger partial charge in [0.25, 0.3) is 5.91 Å². The lowest BCUT2D eigenvalue weighted by Crippen LogP contribution is -2.48. The predicted octanol–water partition coefficient (Wildman–Crippen LogP) is 2.79. The molecule has 0 unspecified atom stereocenters. The van der Waals surface area contributed by atoms with E-state index in [0.717, 1.165) is 5.69 Å². The number of nitrogens with zero attached hydrogens (tertiary/aromatic N) is 5. The summed E-state index contributed by atoms with van der Waals surface area (Å²) in [5.41, 5.74) is 2.41. The third kappa shape index (κ3) is 3.52. The van der Waals surface area contributed by atoms with Gasteiger partial charge in [0, 0.05) is 55.2 Å². The van der Waals surface area contributed by atoms with E-state index in [1.807, 2.05) is 13.0 Å². The number of aryl methyl sites for hydroxylation is 1. The van der Waals surface area contributed by atoms with Crippen molar-refractivity contribution < 1.29 is 9.18 Å². The monoisotopic (exact) mass is 387 g/mol. The molecule has 1 aromatic carbocycles. The summed E-state index contributed by atoms with van der Waals surface area (Å²) < 4.78 is 15.6. The number of carbonyl (C=O) groups is 1. The maximum absolute atomic E-state index is 14.0. The molecule has 0 spiro atoms. The third-order valence-corrected chi connectivity index (χ3v) is 5.20. The van der Waals surface area contributed by atoms with Crippen molar-refractivity contribution in [1.82, 2.24) is 24.4 Å². The van der Waals surface area contributed by atoms with Crippen LogP contribution in [0, 0.1) is 12.7 Å². The van der Waals surface area contributed by atoms with Crippen LogP contribution in [-0.2, 0) is 6.54 Å². The van der Waals surface area contributed by atoms with E-state index in [9.17, 15) is 9.18 Å². The van der Waals surface area contributed by atoms with E-state index < -0.39 is 0 Å². The number of amides is 1. The minimum absolute atomic E-state index is 0.0772. The van der Waals surface area contributed by atoms with Gasteiger partial charge in [-0.2, -0.15) is 5.10 Å². The lowest BCUT2D eigenvalue weighted by atomic mass is 10.1. The zero-order valence-corrected chi connectivity index (χ0v) is 15.7. The van der Waals surface area contributed by atoms with Crippen LogP contribution in [0.15, 0.2) is 36.7 Å². The van der Waals surface area contributed by atoms with Crippen molar-refractivity contribution in [2.24, 2.45) is 0 Å². The Morgan fingerprint density at radius 1 is 1.22 bits per heavy atom. The molecule has 3 heterocycles. The summed E-state index contributed by atoms with van der Waals surface area (Å²) in [5.74, 6) is -0.375. The zero-order chi connectivity index (χ0) is 19.0. The molecule has 8 heteroatoms. The topological polar surface area (TPSA) is 53.7 Å². The van der Waals surface area contributed by atoms with Crippen molar-refractivity contribution in [2.75, 3.05) is 26.2 Å². The van der Waals surface area contributed by atoms with Gasteiger partial charge in [0.2, 0.25) is 0 Å². The molecule has 0 aliphatic carbocycles. The molecule has 140 valence electrons. The Balaban J connectivity index is 1.44. The Hall–Kier alpha value is -2.51. The van der Waals surface area contributed by atoms with E-state index in [4.69, 9.17) is 11.6 Å². The summed E-state index contributed by atoms with van der Waals surface area (Å²) in [6.07, 6.45) is 3.36. The van der Waals surface area contributed by atoms with Crippen molar-refractivity contribution in [3.63, 3.8) is 0 Å².